The van der Waals surface area contributed by atoms with E-state index in [9.17, 15) is 29.1 Å². The van der Waals surface area contributed by atoms with Crippen LogP contribution in [0.25, 0.3) is 22.3 Å². The molecule has 2 saturated carbocycles. The summed E-state index contributed by atoms with van der Waals surface area (Å²) in [7, 11) is 1.52. The minimum Gasteiger partial charge on any atom is -0.495 e. The van der Waals surface area contributed by atoms with Crippen molar-refractivity contribution in [2.24, 2.45) is 17.3 Å². The summed E-state index contributed by atoms with van der Waals surface area (Å²) in [5, 5.41) is 24.1. The average molecular weight is 870 g/mol. The molecule has 5 N–H and O–H groups in total. The Hall–Kier alpha value is -4.61. The number of carbonyl (C=O) groups is 5. The number of amides is 3. The zero-order chi connectivity index (χ0) is 41.4. The maximum Gasteiger partial charge on any atom is 0.408 e. The van der Waals surface area contributed by atoms with Gasteiger partial charge in [-0.2, -0.15) is 0 Å². The van der Waals surface area contributed by atoms with Gasteiger partial charge in [-0.3, -0.25) is 14.4 Å². The number of nitrogens with zero attached hydrogens (tertiary/aromatic N) is 2. The number of carbonyl (C=O) groups excluding carboxylic acids is 4. The van der Waals surface area contributed by atoms with Crippen LogP contribution in [-0.2, 0) is 19.1 Å². The molecule has 15 nitrogen and oxygen atoms in total. The number of pyridine rings is 1. The van der Waals surface area contributed by atoms with Crippen LogP contribution in [0.1, 0.15) is 76.5 Å². The van der Waals surface area contributed by atoms with Crippen molar-refractivity contribution in [3.8, 4) is 22.9 Å². The van der Waals surface area contributed by atoms with E-state index in [1.807, 2.05) is 13.8 Å². The second kappa shape index (κ2) is 16.7. The zero-order valence-electron chi connectivity index (χ0n) is 32.8. The number of fused-ring (bicyclic) bond motifs is 1. The lowest BCUT2D eigenvalue weighted by molar-refractivity contribution is -0.144. The number of rotatable bonds is 14. The number of hydrogen-bond acceptors (Lipinski definition) is 12. The Labute approximate surface area is 343 Å². The molecule has 6 atom stereocenters. The number of hydrogen-bond donors (Lipinski definition) is 5. The highest BCUT2D eigenvalue weighted by molar-refractivity contribution is 9.10. The molecular weight excluding hydrogens is 820 g/mol. The Morgan fingerprint density at radius 2 is 1.81 bits per heavy atom. The summed E-state index contributed by atoms with van der Waals surface area (Å²) in [6, 6.07) is 2.70. The second-order valence-electron chi connectivity index (χ2n) is 16.2. The number of thiazole rings is 1. The van der Waals surface area contributed by atoms with Gasteiger partial charge in [0, 0.05) is 35.3 Å². The molecule has 17 heteroatoms. The molecule has 3 aliphatic rings. The first-order valence-corrected chi connectivity index (χ1v) is 20.7. The Kier molecular flexibility index (Phi) is 12.3. The monoisotopic (exact) mass is 868 g/mol. The quantitative estimate of drug-likeness (QED) is 0.129. The maximum atomic E-state index is 15.0. The van der Waals surface area contributed by atoms with Crippen molar-refractivity contribution in [3.05, 3.63) is 45.7 Å². The molecule has 3 aromatic rings. The van der Waals surface area contributed by atoms with Gasteiger partial charge in [0.05, 0.1) is 34.8 Å². The van der Waals surface area contributed by atoms with Crippen LogP contribution < -0.4 is 30.7 Å². The molecule has 0 radical (unpaired) electrons. The number of ketones is 1. The van der Waals surface area contributed by atoms with E-state index in [-0.39, 0.29) is 36.0 Å². The predicted molar refractivity (Wildman–Crippen MR) is 216 cm³/mol. The summed E-state index contributed by atoms with van der Waals surface area (Å²) in [6.45, 7) is 12.8. The SMILES string of the molecule is C=C[C@@H]1C[C@]1(NC(=O)C1NC[C@H](Oc2cc(-c3csc(C(=O)NC(C)C)n3)nc3c(Br)c(OC)ccc23)[C@H]1C(=O)[C@@H](NC(=O)OC1CCCC1)C(C)(C)C)C(=O)O. The minimum absolute atomic E-state index is 0.00946. The highest BCUT2D eigenvalue weighted by Gasteiger charge is 2.62. The van der Waals surface area contributed by atoms with Gasteiger partial charge in [0.15, 0.2) is 10.8 Å². The topological polar surface area (TPSA) is 207 Å². The van der Waals surface area contributed by atoms with E-state index in [0.29, 0.717) is 38.3 Å². The summed E-state index contributed by atoms with van der Waals surface area (Å²) in [4.78, 5) is 77.0. The molecule has 57 heavy (non-hydrogen) atoms. The molecule has 3 amide bonds. The van der Waals surface area contributed by atoms with Crippen molar-refractivity contribution in [2.45, 2.75) is 103 Å². The molecule has 2 aliphatic carbocycles. The standard InChI is InChI=1S/C40H49BrN6O9S/c1-8-20-16-40(20,37(51)52)47-34(49)31-28(32(48)33(39(4,5)6)46-38(53)55-21-11-9-10-12-21)27(17-42-31)56-26-15-23(24-18-57-36(45-24)35(50)43-19(2)3)44-30-22(26)13-14-25(54-7)29(30)41/h8,13-15,18-21,27-28,31,33,42H,1,9-12,16-17H2,2-7H3,(H,43,50)(H,46,53)(H,47,49)(H,51,52)/t20-,27+,28-,31?,33-,40-/m1/s1. The van der Waals surface area contributed by atoms with E-state index < -0.39 is 64.7 Å². The third-order valence-electron chi connectivity index (χ3n) is 10.7. The normalized spacial score (nSPS) is 23.8. The van der Waals surface area contributed by atoms with Gasteiger partial charge in [-0.25, -0.2) is 19.6 Å². The first-order valence-electron chi connectivity index (χ1n) is 19.0. The van der Waals surface area contributed by atoms with Gasteiger partial charge in [0.2, 0.25) is 5.91 Å². The first kappa shape index (κ1) is 42.0. The molecule has 2 aromatic heterocycles. The number of Topliss-reactive ketones (excluding diaryl/α,β-unsaturated/α-hetero) is 1. The Morgan fingerprint density at radius 3 is 2.42 bits per heavy atom. The summed E-state index contributed by atoms with van der Waals surface area (Å²) < 4.78 is 18.5. The fourth-order valence-corrected chi connectivity index (χ4v) is 8.85. The number of aliphatic carboxylic acids is 1. The van der Waals surface area contributed by atoms with Crippen LogP contribution in [0.2, 0.25) is 0 Å². The van der Waals surface area contributed by atoms with Crippen molar-refractivity contribution < 1.29 is 43.3 Å². The number of benzene rings is 1. The minimum atomic E-state index is -1.56. The molecule has 1 aliphatic heterocycles. The van der Waals surface area contributed by atoms with Gasteiger partial charge < -0.3 is 40.6 Å². The van der Waals surface area contributed by atoms with Crippen molar-refractivity contribution in [2.75, 3.05) is 13.7 Å². The predicted octanol–water partition coefficient (Wildman–Crippen LogP) is 5.40. The van der Waals surface area contributed by atoms with Crippen LogP contribution >= 0.6 is 27.3 Å². The lowest BCUT2D eigenvalue weighted by Gasteiger charge is -2.35. The van der Waals surface area contributed by atoms with E-state index >= 15 is 0 Å². The Balaban J connectivity index is 1.40. The fourth-order valence-electron chi connectivity index (χ4n) is 7.54. The molecule has 3 heterocycles. The molecule has 6 rings (SSSR count). The highest BCUT2D eigenvalue weighted by atomic mass is 79.9. The van der Waals surface area contributed by atoms with Crippen molar-refractivity contribution >= 4 is 67.8 Å². The van der Waals surface area contributed by atoms with Crippen LogP contribution in [0.3, 0.4) is 0 Å². The zero-order valence-corrected chi connectivity index (χ0v) is 35.2. The molecule has 1 aromatic carbocycles. The molecule has 1 unspecified atom stereocenters. The number of nitrogens with one attached hydrogen (secondary N) is 4. The third kappa shape index (κ3) is 8.79. The van der Waals surface area contributed by atoms with Gasteiger partial charge in [0.25, 0.3) is 5.91 Å². The van der Waals surface area contributed by atoms with Gasteiger partial charge in [0.1, 0.15) is 41.0 Å². The molecule has 0 bridgehead atoms. The van der Waals surface area contributed by atoms with Gasteiger partial charge >= 0.3 is 12.1 Å². The third-order valence-corrected chi connectivity index (χ3v) is 12.3. The van der Waals surface area contributed by atoms with Gasteiger partial charge in [-0.1, -0.05) is 26.8 Å². The number of methoxy groups -OCH3 is 1. The summed E-state index contributed by atoms with van der Waals surface area (Å²) in [5.41, 5.74) is -1.18. The number of alkyl carbamates (subject to hydrolysis) is 1. The number of aromatic nitrogens is 2. The fraction of sp³-hybridized carbons (Fsp3) is 0.525. The van der Waals surface area contributed by atoms with E-state index in [2.05, 4.69) is 48.8 Å². The second-order valence-corrected chi connectivity index (χ2v) is 17.8. The molecular formula is C40H49BrN6O9S. The van der Waals surface area contributed by atoms with Crippen molar-refractivity contribution in [1.82, 2.24) is 31.2 Å². The molecule has 1 saturated heterocycles. The van der Waals surface area contributed by atoms with E-state index in [0.717, 1.165) is 37.0 Å². The largest absolute Gasteiger partial charge is 0.495 e. The number of ether oxygens (including phenoxy) is 3. The van der Waals surface area contributed by atoms with Gasteiger partial charge in [-0.05, 0) is 79.4 Å². The lowest BCUT2D eigenvalue weighted by atomic mass is 9.77. The summed E-state index contributed by atoms with van der Waals surface area (Å²) in [5.74, 6) is -3.65. The van der Waals surface area contributed by atoms with E-state index in [4.69, 9.17) is 19.2 Å². The lowest BCUT2D eigenvalue weighted by Crippen LogP contribution is -2.58. The Morgan fingerprint density at radius 1 is 1.09 bits per heavy atom. The smallest absolute Gasteiger partial charge is 0.408 e. The van der Waals surface area contributed by atoms with E-state index in [1.165, 1.54) is 13.2 Å². The van der Waals surface area contributed by atoms with E-state index in [1.54, 1.807) is 44.4 Å². The van der Waals surface area contributed by atoms with Crippen LogP contribution in [0.15, 0.2) is 40.7 Å². The number of carboxylic acid groups (broad SMARTS) is 1. The Bertz CT molecular complexity index is 2080. The molecule has 0 spiro atoms. The van der Waals surface area contributed by atoms with Crippen molar-refractivity contribution in [1.29, 1.82) is 0 Å². The highest BCUT2D eigenvalue weighted by Crippen LogP contribution is 2.45. The van der Waals surface area contributed by atoms with Crippen LogP contribution in [0, 0.1) is 17.3 Å². The van der Waals surface area contributed by atoms with Crippen LogP contribution in [-0.4, -0.2) is 94.3 Å². The first-order chi connectivity index (χ1) is 27.0. The van der Waals surface area contributed by atoms with Crippen LogP contribution in [0.4, 0.5) is 4.79 Å². The number of carboxylic acids is 1. The molecule has 306 valence electrons. The molecule has 3 fully saturated rings. The maximum absolute atomic E-state index is 15.0. The van der Waals surface area contributed by atoms with Crippen LogP contribution in [0.5, 0.6) is 11.5 Å². The van der Waals surface area contributed by atoms with Crippen molar-refractivity contribution in [3.63, 3.8) is 0 Å². The summed E-state index contributed by atoms with van der Waals surface area (Å²) >= 11 is 4.77. The average Bonchev–Trinajstić information content (AvgIpc) is 3.59. The number of halogens is 1. The summed E-state index contributed by atoms with van der Waals surface area (Å²) in [6.07, 6.45) is 3.02. The van der Waals surface area contributed by atoms with Gasteiger partial charge in [-0.15, -0.1) is 17.9 Å².